The summed E-state index contributed by atoms with van der Waals surface area (Å²) >= 11 is 0. The van der Waals surface area contributed by atoms with Crippen LogP contribution in [-0.4, -0.2) is 26.0 Å². The van der Waals surface area contributed by atoms with Crippen molar-refractivity contribution in [2.45, 2.75) is 44.2 Å². The van der Waals surface area contributed by atoms with E-state index in [2.05, 4.69) is 0 Å². The molecule has 1 aromatic rings. The second-order valence-corrected chi connectivity index (χ2v) is 7.08. The van der Waals surface area contributed by atoms with Crippen molar-refractivity contribution in [1.82, 2.24) is 4.72 Å². The minimum Gasteiger partial charge on any atom is -0.459 e. The zero-order valence-corrected chi connectivity index (χ0v) is 12.9. The lowest BCUT2D eigenvalue weighted by molar-refractivity contribution is -0.156. The highest BCUT2D eigenvalue weighted by Crippen LogP contribution is 2.18. The topological polar surface area (TPSA) is 72.5 Å². The molecular formula is C13H17F2NO4S. The molecule has 0 aliphatic heterocycles. The molecule has 1 atom stereocenters. The summed E-state index contributed by atoms with van der Waals surface area (Å²) in [4.78, 5) is 10.6. The first kappa shape index (κ1) is 17.5. The Bertz CT molecular complexity index is 618. The largest absolute Gasteiger partial charge is 0.459 e. The van der Waals surface area contributed by atoms with E-state index in [4.69, 9.17) is 4.74 Å². The predicted molar refractivity (Wildman–Crippen MR) is 72.0 cm³/mol. The number of hydrogen-bond acceptors (Lipinski definition) is 4. The van der Waals surface area contributed by atoms with E-state index in [-0.39, 0.29) is 0 Å². The Morgan fingerprint density at radius 2 is 1.71 bits per heavy atom. The molecule has 0 heterocycles. The molecule has 1 N–H and O–H groups in total. The minimum absolute atomic E-state index is 0.806. The number of rotatable bonds is 4. The SMILES string of the molecule is C[C@@H](NS(=O)(=O)c1c(F)cccc1F)C(=O)OC(C)(C)C. The van der Waals surface area contributed by atoms with E-state index in [0.29, 0.717) is 0 Å². The molecule has 8 heteroatoms. The van der Waals surface area contributed by atoms with E-state index < -0.39 is 44.2 Å². The Kier molecular flexibility index (Phi) is 5.06. The Morgan fingerprint density at radius 3 is 2.14 bits per heavy atom. The third kappa shape index (κ3) is 4.75. The number of nitrogens with one attached hydrogen (secondary N) is 1. The second kappa shape index (κ2) is 6.07. The molecule has 0 saturated carbocycles. The Morgan fingerprint density at radius 1 is 1.24 bits per heavy atom. The molecule has 1 rings (SSSR count). The number of ether oxygens (including phenoxy) is 1. The zero-order chi connectivity index (χ0) is 16.4. The monoisotopic (exact) mass is 321 g/mol. The fourth-order valence-electron chi connectivity index (χ4n) is 1.47. The first-order valence-electron chi connectivity index (χ1n) is 6.13. The van der Waals surface area contributed by atoms with Gasteiger partial charge in [-0.3, -0.25) is 4.79 Å². The summed E-state index contributed by atoms with van der Waals surface area (Å²) in [5.74, 6) is -3.32. The molecule has 5 nitrogen and oxygen atoms in total. The molecule has 0 aliphatic rings. The van der Waals surface area contributed by atoms with E-state index in [9.17, 15) is 22.0 Å². The molecule has 0 radical (unpaired) electrons. The van der Waals surface area contributed by atoms with E-state index >= 15 is 0 Å². The van der Waals surface area contributed by atoms with E-state index in [1.165, 1.54) is 6.92 Å². The number of sulfonamides is 1. The van der Waals surface area contributed by atoms with Gasteiger partial charge in [-0.05, 0) is 39.8 Å². The van der Waals surface area contributed by atoms with E-state index in [1.807, 2.05) is 4.72 Å². The normalized spacial score (nSPS) is 13.8. The summed E-state index contributed by atoms with van der Waals surface area (Å²) in [6.45, 7) is 6.07. The van der Waals surface area contributed by atoms with Crippen LogP contribution in [-0.2, 0) is 19.6 Å². The van der Waals surface area contributed by atoms with Crippen molar-refractivity contribution in [3.8, 4) is 0 Å². The summed E-state index contributed by atoms with van der Waals surface area (Å²) in [6, 6.07) is 1.39. The van der Waals surface area contributed by atoms with Crippen LogP contribution in [0.2, 0.25) is 0 Å². The van der Waals surface area contributed by atoms with Gasteiger partial charge in [0.25, 0.3) is 0 Å². The molecule has 0 unspecified atom stereocenters. The zero-order valence-electron chi connectivity index (χ0n) is 12.1. The molecule has 0 saturated heterocycles. The van der Waals surface area contributed by atoms with Crippen LogP contribution in [0.4, 0.5) is 8.78 Å². The summed E-state index contributed by atoms with van der Waals surface area (Å²) in [6.07, 6.45) is 0. The quantitative estimate of drug-likeness (QED) is 0.861. The Hall–Kier alpha value is -1.54. The van der Waals surface area contributed by atoms with Gasteiger partial charge in [-0.2, -0.15) is 4.72 Å². The number of benzene rings is 1. The van der Waals surface area contributed by atoms with Crippen LogP contribution in [0.25, 0.3) is 0 Å². The third-order valence-corrected chi connectivity index (χ3v) is 3.87. The van der Waals surface area contributed by atoms with Crippen LogP contribution in [0.1, 0.15) is 27.7 Å². The number of esters is 1. The van der Waals surface area contributed by atoms with Gasteiger partial charge in [0.2, 0.25) is 10.0 Å². The standard InChI is InChI=1S/C13H17F2NO4S/c1-8(12(17)20-13(2,3)4)16-21(18,19)11-9(14)6-5-7-10(11)15/h5-8,16H,1-4H3/t8-/m1/s1. The lowest BCUT2D eigenvalue weighted by atomic mass is 10.2. The number of hydrogen-bond donors (Lipinski definition) is 1. The maximum atomic E-state index is 13.5. The number of carbonyl (C=O) groups excluding carboxylic acids is 1. The molecule has 0 amide bonds. The third-order valence-electron chi connectivity index (χ3n) is 2.28. The molecule has 1 aromatic carbocycles. The highest BCUT2D eigenvalue weighted by Gasteiger charge is 2.30. The van der Waals surface area contributed by atoms with Crippen LogP contribution >= 0.6 is 0 Å². The summed E-state index contributed by atoms with van der Waals surface area (Å²) in [5.41, 5.74) is -0.806. The maximum absolute atomic E-state index is 13.5. The first-order valence-corrected chi connectivity index (χ1v) is 7.61. The highest BCUT2D eigenvalue weighted by atomic mass is 32.2. The van der Waals surface area contributed by atoms with Crippen molar-refractivity contribution in [2.75, 3.05) is 0 Å². The van der Waals surface area contributed by atoms with Gasteiger partial charge in [0, 0.05) is 0 Å². The van der Waals surface area contributed by atoms with Gasteiger partial charge in [0.05, 0.1) is 0 Å². The number of halogens is 2. The van der Waals surface area contributed by atoms with Gasteiger partial charge in [-0.25, -0.2) is 17.2 Å². The smallest absolute Gasteiger partial charge is 0.324 e. The molecule has 118 valence electrons. The molecule has 0 spiro atoms. The summed E-state index contributed by atoms with van der Waals surface area (Å²) in [5, 5.41) is 0. The molecule has 0 fully saturated rings. The van der Waals surface area contributed by atoms with Gasteiger partial charge in [-0.1, -0.05) is 6.07 Å². The van der Waals surface area contributed by atoms with Crippen molar-refractivity contribution in [3.63, 3.8) is 0 Å². The van der Waals surface area contributed by atoms with Gasteiger partial charge in [0.15, 0.2) is 4.90 Å². The van der Waals surface area contributed by atoms with Gasteiger partial charge >= 0.3 is 5.97 Å². The van der Waals surface area contributed by atoms with Gasteiger partial charge < -0.3 is 4.74 Å². The Labute approximate surface area is 122 Å². The van der Waals surface area contributed by atoms with Gasteiger partial charge in [-0.15, -0.1) is 0 Å². The summed E-state index contributed by atoms with van der Waals surface area (Å²) < 4.78 is 57.8. The van der Waals surface area contributed by atoms with Crippen LogP contribution in [0, 0.1) is 11.6 Å². The molecule has 0 bridgehead atoms. The molecule has 0 aromatic heterocycles. The second-order valence-electron chi connectivity index (χ2n) is 5.43. The highest BCUT2D eigenvalue weighted by molar-refractivity contribution is 7.89. The fraction of sp³-hybridized carbons (Fsp3) is 0.462. The van der Waals surface area contributed by atoms with Crippen molar-refractivity contribution in [3.05, 3.63) is 29.8 Å². The summed E-state index contributed by atoms with van der Waals surface area (Å²) in [7, 11) is -4.52. The van der Waals surface area contributed by atoms with Crippen LogP contribution in [0.5, 0.6) is 0 Å². The van der Waals surface area contributed by atoms with Crippen molar-refractivity contribution in [2.24, 2.45) is 0 Å². The molecule has 21 heavy (non-hydrogen) atoms. The molecular weight excluding hydrogens is 304 g/mol. The Balaban J connectivity index is 2.98. The van der Waals surface area contributed by atoms with Crippen molar-refractivity contribution >= 4 is 16.0 Å². The number of carbonyl (C=O) groups is 1. The lowest BCUT2D eigenvalue weighted by Crippen LogP contribution is -2.42. The molecule has 0 aliphatic carbocycles. The fourth-order valence-corrected chi connectivity index (χ4v) is 2.80. The average molecular weight is 321 g/mol. The van der Waals surface area contributed by atoms with Crippen molar-refractivity contribution < 1.29 is 26.7 Å². The maximum Gasteiger partial charge on any atom is 0.324 e. The average Bonchev–Trinajstić information content (AvgIpc) is 2.24. The van der Waals surface area contributed by atoms with E-state index in [0.717, 1.165) is 18.2 Å². The van der Waals surface area contributed by atoms with Crippen molar-refractivity contribution in [1.29, 1.82) is 0 Å². The van der Waals surface area contributed by atoms with Crippen LogP contribution in [0.15, 0.2) is 23.1 Å². The lowest BCUT2D eigenvalue weighted by Gasteiger charge is -2.22. The van der Waals surface area contributed by atoms with Crippen LogP contribution < -0.4 is 4.72 Å². The van der Waals surface area contributed by atoms with E-state index in [1.54, 1.807) is 20.8 Å². The van der Waals surface area contributed by atoms with Crippen LogP contribution in [0.3, 0.4) is 0 Å². The minimum atomic E-state index is -4.52. The first-order chi connectivity index (χ1) is 9.44. The van der Waals surface area contributed by atoms with Gasteiger partial charge in [0.1, 0.15) is 23.3 Å². The predicted octanol–water partition coefficient (Wildman–Crippen LogP) is 1.97.